The smallest absolute Gasteiger partial charge is 0.226 e. The van der Waals surface area contributed by atoms with E-state index in [0.29, 0.717) is 5.91 Å². The van der Waals surface area contributed by atoms with Crippen LogP contribution in [0, 0.1) is 11.3 Å². The van der Waals surface area contributed by atoms with E-state index in [1.54, 1.807) is 0 Å². The van der Waals surface area contributed by atoms with Crippen LogP contribution in [0.2, 0.25) is 0 Å². The quantitative estimate of drug-likeness (QED) is 0.681. The Morgan fingerprint density at radius 3 is 2.29 bits per heavy atom. The van der Waals surface area contributed by atoms with E-state index in [2.05, 4.69) is 27.7 Å². The van der Waals surface area contributed by atoms with Gasteiger partial charge in [-0.25, -0.2) is 0 Å². The largest absolute Gasteiger partial charge is 0.343 e. The second kappa shape index (κ2) is 4.33. The number of carbonyl (C=O) groups excluding carboxylic acids is 1. The van der Waals surface area contributed by atoms with Crippen molar-refractivity contribution in [2.24, 2.45) is 11.3 Å². The lowest BCUT2D eigenvalue weighted by molar-refractivity contribution is -0.137. The zero-order valence-corrected chi connectivity index (χ0v) is 9.97. The highest BCUT2D eigenvalue weighted by Gasteiger charge is 2.40. The van der Waals surface area contributed by atoms with E-state index >= 15 is 0 Å². The van der Waals surface area contributed by atoms with Gasteiger partial charge in [0.25, 0.3) is 0 Å². The summed E-state index contributed by atoms with van der Waals surface area (Å²) < 4.78 is 0. The van der Waals surface area contributed by atoms with Crippen LogP contribution in [0.4, 0.5) is 0 Å². The predicted molar refractivity (Wildman–Crippen MR) is 59.1 cm³/mol. The molecule has 1 amide bonds. The second-order valence-electron chi connectivity index (χ2n) is 4.94. The fourth-order valence-corrected chi connectivity index (χ4v) is 2.54. The van der Waals surface area contributed by atoms with E-state index in [1.807, 2.05) is 4.90 Å². The normalized spacial score (nSPS) is 25.0. The standard InChI is InChI=1S/C12H23NO/c1-5-13(6-2)11(14)10-8-7-9-12(10,3)4/h10H,5-9H2,1-4H3. The Morgan fingerprint density at radius 1 is 1.36 bits per heavy atom. The Hall–Kier alpha value is -0.530. The van der Waals surface area contributed by atoms with Crippen molar-refractivity contribution in [3.8, 4) is 0 Å². The molecule has 1 unspecified atom stereocenters. The summed E-state index contributed by atoms with van der Waals surface area (Å²) in [5.41, 5.74) is 0.222. The molecule has 0 heterocycles. The molecule has 0 aliphatic heterocycles. The fourth-order valence-electron chi connectivity index (χ4n) is 2.54. The minimum Gasteiger partial charge on any atom is -0.343 e. The van der Waals surface area contributed by atoms with Gasteiger partial charge in [0.2, 0.25) is 5.91 Å². The van der Waals surface area contributed by atoms with Crippen LogP contribution in [0.5, 0.6) is 0 Å². The number of nitrogens with zero attached hydrogens (tertiary/aromatic N) is 1. The summed E-state index contributed by atoms with van der Waals surface area (Å²) in [5.74, 6) is 0.639. The van der Waals surface area contributed by atoms with Gasteiger partial charge in [0.1, 0.15) is 0 Å². The molecule has 2 heteroatoms. The highest BCUT2D eigenvalue weighted by atomic mass is 16.2. The zero-order valence-electron chi connectivity index (χ0n) is 9.97. The SMILES string of the molecule is CCN(CC)C(=O)C1CCCC1(C)C. The average Bonchev–Trinajstić information content (AvgIpc) is 2.47. The van der Waals surface area contributed by atoms with Crippen molar-refractivity contribution in [2.75, 3.05) is 13.1 Å². The van der Waals surface area contributed by atoms with Crippen LogP contribution < -0.4 is 0 Å². The molecule has 1 saturated carbocycles. The van der Waals surface area contributed by atoms with E-state index in [9.17, 15) is 4.79 Å². The number of amides is 1. The molecule has 0 aromatic heterocycles. The molecule has 0 radical (unpaired) electrons. The first-order chi connectivity index (χ1) is 6.53. The molecule has 1 aliphatic rings. The molecule has 82 valence electrons. The van der Waals surface area contributed by atoms with Gasteiger partial charge < -0.3 is 4.90 Å². The van der Waals surface area contributed by atoms with Crippen molar-refractivity contribution < 1.29 is 4.79 Å². The molecular weight excluding hydrogens is 174 g/mol. The van der Waals surface area contributed by atoms with E-state index < -0.39 is 0 Å². The minimum absolute atomic E-state index is 0.222. The van der Waals surface area contributed by atoms with Gasteiger partial charge in [-0.2, -0.15) is 0 Å². The monoisotopic (exact) mass is 197 g/mol. The molecule has 1 aliphatic carbocycles. The van der Waals surface area contributed by atoms with Crippen LogP contribution >= 0.6 is 0 Å². The topological polar surface area (TPSA) is 20.3 Å². The number of rotatable bonds is 3. The van der Waals surface area contributed by atoms with Gasteiger partial charge in [0, 0.05) is 19.0 Å². The highest BCUT2D eigenvalue weighted by Crippen LogP contribution is 2.43. The highest BCUT2D eigenvalue weighted by molar-refractivity contribution is 5.79. The van der Waals surface area contributed by atoms with Gasteiger partial charge >= 0.3 is 0 Å². The van der Waals surface area contributed by atoms with Gasteiger partial charge in [0.15, 0.2) is 0 Å². The van der Waals surface area contributed by atoms with Crippen LogP contribution in [0.25, 0.3) is 0 Å². The Bertz CT molecular complexity index is 206. The molecule has 2 nitrogen and oxygen atoms in total. The van der Waals surface area contributed by atoms with Gasteiger partial charge in [-0.3, -0.25) is 4.79 Å². The van der Waals surface area contributed by atoms with Crippen molar-refractivity contribution in [2.45, 2.75) is 47.0 Å². The molecule has 0 aromatic rings. The minimum atomic E-state index is 0.222. The van der Waals surface area contributed by atoms with Crippen molar-refractivity contribution in [1.82, 2.24) is 4.90 Å². The van der Waals surface area contributed by atoms with Crippen LogP contribution in [-0.4, -0.2) is 23.9 Å². The molecule has 0 aromatic carbocycles. The van der Waals surface area contributed by atoms with Crippen molar-refractivity contribution in [1.29, 1.82) is 0 Å². The molecule has 14 heavy (non-hydrogen) atoms. The molecule has 1 atom stereocenters. The van der Waals surface area contributed by atoms with E-state index in [-0.39, 0.29) is 11.3 Å². The number of hydrogen-bond donors (Lipinski definition) is 0. The lowest BCUT2D eigenvalue weighted by Crippen LogP contribution is -2.39. The number of carbonyl (C=O) groups is 1. The Labute approximate surface area is 87.7 Å². The van der Waals surface area contributed by atoms with Gasteiger partial charge in [-0.15, -0.1) is 0 Å². The first kappa shape index (κ1) is 11.5. The van der Waals surface area contributed by atoms with E-state index in [4.69, 9.17) is 0 Å². The van der Waals surface area contributed by atoms with E-state index in [0.717, 1.165) is 19.5 Å². The summed E-state index contributed by atoms with van der Waals surface area (Å²) in [5, 5.41) is 0. The number of hydrogen-bond acceptors (Lipinski definition) is 1. The van der Waals surface area contributed by atoms with E-state index in [1.165, 1.54) is 12.8 Å². The summed E-state index contributed by atoms with van der Waals surface area (Å²) >= 11 is 0. The zero-order chi connectivity index (χ0) is 10.8. The lowest BCUT2D eigenvalue weighted by atomic mass is 9.81. The van der Waals surface area contributed by atoms with Gasteiger partial charge in [0.05, 0.1) is 0 Å². The van der Waals surface area contributed by atoms with Crippen LogP contribution in [0.3, 0.4) is 0 Å². The molecule has 0 saturated heterocycles. The maximum absolute atomic E-state index is 12.1. The molecule has 0 bridgehead atoms. The van der Waals surface area contributed by atoms with Crippen LogP contribution in [0.15, 0.2) is 0 Å². The summed E-state index contributed by atoms with van der Waals surface area (Å²) in [6.07, 6.45) is 3.50. The van der Waals surface area contributed by atoms with Crippen LogP contribution in [-0.2, 0) is 4.79 Å². The first-order valence-electron chi connectivity index (χ1n) is 5.81. The third-order valence-corrected chi connectivity index (χ3v) is 3.63. The van der Waals surface area contributed by atoms with Crippen LogP contribution in [0.1, 0.15) is 47.0 Å². The Balaban J connectivity index is 2.68. The van der Waals surface area contributed by atoms with Gasteiger partial charge in [-0.05, 0) is 32.1 Å². The molecule has 0 spiro atoms. The average molecular weight is 197 g/mol. The molecular formula is C12H23NO. The fraction of sp³-hybridized carbons (Fsp3) is 0.917. The summed E-state index contributed by atoms with van der Waals surface area (Å²) in [6, 6.07) is 0. The lowest BCUT2D eigenvalue weighted by Gasteiger charge is -2.30. The summed E-state index contributed by atoms with van der Waals surface area (Å²) in [4.78, 5) is 14.1. The maximum Gasteiger partial charge on any atom is 0.226 e. The molecule has 0 N–H and O–H groups in total. The third-order valence-electron chi connectivity index (χ3n) is 3.63. The molecule has 1 fully saturated rings. The summed E-state index contributed by atoms with van der Waals surface area (Å²) in [7, 11) is 0. The second-order valence-corrected chi connectivity index (χ2v) is 4.94. The van der Waals surface area contributed by atoms with Crippen molar-refractivity contribution in [3.63, 3.8) is 0 Å². The molecule has 1 rings (SSSR count). The third kappa shape index (κ3) is 2.10. The Kier molecular flexibility index (Phi) is 3.57. The Morgan fingerprint density at radius 2 is 1.93 bits per heavy atom. The van der Waals surface area contributed by atoms with Crippen molar-refractivity contribution >= 4 is 5.91 Å². The summed E-state index contributed by atoms with van der Waals surface area (Å²) in [6.45, 7) is 10.3. The van der Waals surface area contributed by atoms with Gasteiger partial charge in [-0.1, -0.05) is 20.3 Å². The maximum atomic E-state index is 12.1. The van der Waals surface area contributed by atoms with Crippen molar-refractivity contribution in [3.05, 3.63) is 0 Å². The predicted octanol–water partition coefficient (Wildman–Crippen LogP) is 2.68. The first-order valence-corrected chi connectivity index (χ1v) is 5.81.